The van der Waals surface area contributed by atoms with E-state index in [1.165, 1.54) is 13.2 Å². The number of methoxy groups -OCH3 is 1. The van der Waals surface area contributed by atoms with E-state index in [0.29, 0.717) is 22.5 Å². The predicted molar refractivity (Wildman–Crippen MR) is 73.3 cm³/mol. The summed E-state index contributed by atoms with van der Waals surface area (Å²) in [6.45, 7) is 0. The van der Waals surface area contributed by atoms with Crippen molar-refractivity contribution in [1.82, 2.24) is 10.2 Å². The Balaban J connectivity index is 2.15. The van der Waals surface area contributed by atoms with Gasteiger partial charge in [0.1, 0.15) is 5.82 Å². The molecule has 100 valence electrons. The molecular weight excluding hydrogens is 313 g/mol. The second-order valence-corrected chi connectivity index (χ2v) is 4.82. The minimum absolute atomic E-state index is 0.300. The fourth-order valence-corrected chi connectivity index (χ4v) is 2.11. The molecule has 2 N–H and O–H groups in total. The number of ether oxygens (including phenoxy) is 1. The molecule has 1 aromatic heterocycles. The number of rotatable bonds is 4. The Bertz CT molecular complexity index is 562. The van der Waals surface area contributed by atoms with Crippen molar-refractivity contribution in [3.63, 3.8) is 0 Å². The van der Waals surface area contributed by atoms with E-state index in [0.717, 1.165) is 5.56 Å². The highest BCUT2D eigenvalue weighted by molar-refractivity contribution is 9.10. The lowest BCUT2D eigenvalue weighted by Gasteiger charge is -2.12. The van der Waals surface area contributed by atoms with Crippen molar-refractivity contribution in [2.75, 3.05) is 7.11 Å². The molecule has 0 radical (unpaired) electrons. The number of nitrogens with zero attached hydrogens (tertiary/aromatic N) is 2. The summed E-state index contributed by atoms with van der Waals surface area (Å²) in [5.41, 5.74) is 7.48. The normalized spacial score (nSPS) is 12.2. The molecule has 0 aliphatic rings. The molecule has 19 heavy (non-hydrogen) atoms. The van der Waals surface area contributed by atoms with E-state index in [9.17, 15) is 4.39 Å². The van der Waals surface area contributed by atoms with Gasteiger partial charge in [-0.05, 0) is 40.0 Å². The lowest BCUT2D eigenvalue weighted by Crippen LogP contribution is -2.16. The first-order valence-electron chi connectivity index (χ1n) is 5.68. The quantitative estimate of drug-likeness (QED) is 0.938. The van der Waals surface area contributed by atoms with Crippen molar-refractivity contribution in [3.8, 4) is 5.88 Å². The number of nitrogens with two attached hydrogens (primary N) is 1. The maximum atomic E-state index is 13.4. The van der Waals surface area contributed by atoms with E-state index in [-0.39, 0.29) is 11.9 Å². The summed E-state index contributed by atoms with van der Waals surface area (Å²) in [4.78, 5) is 0. The van der Waals surface area contributed by atoms with Crippen molar-refractivity contribution in [3.05, 3.63) is 51.9 Å². The fraction of sp³-hybridized carbons (Fsp3) is 0.231. The molecule has 1 aromatic carbocycles. The van der Waals surface area contributed by atoms with Crippen LogP contribution in [0.2, 0.25) is 0 Å². The van der Waals surface area contributed by atoms with Crippen LogP contribution in [0.4, 0.5) is 4.39 Å². The van der Waals surface area contributed by atoms with E-state index in [2.05, 4.69) is 26.1 Å². The van der Waals surface area contributed by atoms with E-state index < -0.39 is 0 Å². The Kier molecular flexibility index (Phi) is 4.44. The van der Waals surface area contributed by atoms with Crippen LogP contribution in [0.3, 0.4) is 0 Å². The highest BCUT2D eigenvalue weighted by Crippen LogP contribution is 2.24. The Morgan fingerprint density at radius 3 is 2.74 bits per heavy atom. The van der Waals surface area contributed by atoms with Crippen LogP contribution in [0.1, 0.15) is 17.3 Å². The van der Waals surface area contributed by atoms with Crippen LogP contribution in [0.25, 0.3) is 0 Å². The van der Waals surface area contributed by atoms with Crippen molar-refractivity contribution >= 4 is 15.9 Å². The molecule has 0 spiro atoms. The third-order valence-corrected chi connectivity index (χ3v) is 3.61. The van der Waals surface area contributed by atoms with Crippen LogP contribution in [-0.2, 0) is 6.42 Å². The van der Waals surface area contributed by atoms with Crippen molar-refractivity contribution < 1.29 is 9.13 Å². The first-order valence-corrected chi connectivity index (χ1v) is 6.47. The lowest BCUT2D eigenvalue weighted by molar-refractivity contribution is 0.390. The number of halogens is 2. The average Bonchev–Trinajstić information content (AvgIpc) is 2.44. The number of hydrogen-bond donors (Lipinski definition) is 1. The minimum Gasteiger partial charge on any atom is -0.480 e. The zero-order chi connectivity index (χ0) is 13.8. The molecule has 0 fully saturated rings. The third-order valence-electron chi connectivity index (χ3n) is 2.72. The molecule has 0 aliphatic carbocycles. The van der Waals surface area contributed by atoms with Gasteiger partial charge in [0.2, 0.25) is 5.88 Å². The van der Waals surface area contributed by atoms with Gasteiger partial charge in [-0.1, -0.05) is 12.1 Å². The lowest BCUT2D eigenvalue weighted by atomic mass is 10.0. The maximum absolute atomic E-state index is 13.4. The van der Waals surface area contributed by atoms with Gasteiger partial charge in [-0.15, -0.1) is 5.10 Å². The zero-order valence-corrected chi connectivity index (χ0v) is 11.9. The second kappa shape index (κ2) is 6.08. The molecule has 0 saturated heterocycles. The van der Waals surface area contributed by atoms with Gasteiger partial charge in [-0.2, -0.15) is 5.10 Å². The molecule has 0 aliphatic heterocycles. The van der Waals surface area contributed by atoms with Crippen molar-refractivity contribution in [1.29, 1.82) is 0 Å². The zero-order valence-electron chi connectivity index (χ0n) is 10.3. The summed E-state index contributed by atoms with van der Waals surface area (Å²) in [5.74, 6) is 0.133. The predicted octanol–water partition coefficient (Wildman–Crippen LogP) is 2.63. The summed E-state index contributed by atoms with van der Waals surface area (Å²) in [5, 5.41) is 7.85. The van der Waals surface area contributed by atoms with E-state index in [1.54, 1.807) is 18.2 Å². The molecule has 0 amide bonds. The van der Waals surface area contributed by atoms with Gasteiger partial charge in [0.15, 0.2) is 0 Å². The fourth-order valence-electron chi connectivity index (χ4n) is 1.68. The monoisotopic (exact) mass is 325 g/mol. The standard InChI is InChI=1S/C13H13BrFN3O/c1-19-12-6-5-11(17-18-12)10(16)7-8-3-2-4-9(15)13(8)14/h2-6,10H,7,16H2,1H3. The topological polar surface area (TPSA) is 61.0 Å². The Morgan fingerprint density at radius 2 is 2.11 bits per heavy atom. The molecule has 0 saturated carbocycles. The van der Waals surface area contributed by atoms with Gasteiger partial charge in [0.25, 0.3) is 0 Å². The Morgan fingerprint density at radius 1 is 1.32 bits per heavy atom. The second-order valence-electron chi connectivity index (χ2n) is 4.02. The summed E-state index contributed by atoms with van der Waals surface area (Å²) < 4.78 is 18.8. The molecule has 1 atom stereocenters. The van der Waals surface area contributed by atoms with Gasteiger partial charge in [-0.25, -0.2) is 4.39 Å². The van der Waals surface area contributed by atoms with Gasteiger partial charge in [-0.3, -0.25) is 0 Å². The van der Waals surface area contributed by atoms with Crippen LogP contribution in [0.15, 0.2) is 34.8 Å². The Hall–Kier alpha value is -1.53. The van der Waals surface area contributed by atoms with Crippen LogP contribution in [0.5, 0.6) is 5.88 Å². The van der Waals surface area contributed by atoms with Crippen LogP contribution >= 0.6 is 15.9 Å². The number of aromatic nitrogens is 2. The van der Waals surface area contributed by atoms with E-state index in [1.807, 2.05) is 6.07 Å². The first-order chi connectivity index (χ1) is 9.11. The highest BCUT2D eigenvalue weighted by atomic mass is 79.9. The van der Waals surface area contributed by atoms with Crippen LogP contribution in [0, 0.1) is 5.82 Å². The highest BCUT2D eigenvalue weighted by Gasteiger charge is 2.13. The summed E-state index contributed by atoms with van der Waals surface area (Å²) in [6.07, 6.45) is 0.472. The van der Waals surface area contributed by atoms with Gasteiger partial charge >= 0.3 is 0 Å². The molecule has 6 heteroatoms. The third kappa shape index (κ3) is 3.27. The van der Waals surface area contributed by atoms with Crippen molar-refractivity contribution in [2.24, 2.45) is 5.73 Å². The summed E-state index contributed by atoms with van der Waals surface area (Å²) in [6, 6.07) is 7.97. The smallest absolute Gasteiger partial charge is 0.233 e. The number of hydrogen-bond acceptors (Lipinski definition) is 4. The van der Waals surface area contributed by atoms with Crippen LogP contribution in [-0.4, -0.2) is 17.3 Å². The molecule has 1 unspecified atom stereocenters. The maximum Gasteiger partial charge on any atom is 0.233 e. The van der Waals surface area contributed by atoms with Crippen molar-refractivity contribution in [2.45, 2.75) is 12.5 Å². The van der Waals surface area contributed by atoms with Crippen LogP contribution < -0.4 is 10.5 Å². The largest absolute Gasteiger partial charge is 0.480 e. The summed E-state index contributed by atoms with van der Waals surface area (Å²) in [7, 11) is 1.52. The van der Waals surface area contributed by atoms with E-state index >= 15 is 0 Å². The SMILES string of the molecule is COc1ccc(C(N)Cc2cccc(F)c2Br)nn1. The molecule has 1 heterocycles. The van der Waals surface area contributed by atoms with Gasteiger partial charge < -0.3 is 10.5 Å². The molecule has 0 bridgehead atoms. The molecule has 2 rings (SSSR count). The number of benzene rings is 1. The molecule has 2 aromatic rings. The minimum atomic E-state index is -0.350. The Labute approximate surface area is 118 Å². The van der Waals surface area contributed by atoms with Gasteiger partial charge in [0.05, 0.1) is 23.3 Å². The average molecular weight is 326 g/mol. The van der Waals surface area contributed by atoms with E-state index in [4.69, 9.17) is 10.5 Å². The first kappa shape index (κ1) is 13.9. The molecular formula is C13H13BrFN3O. The van der Waals surface area contributed by atoms with Gasteiger partial charge in [0, 0.05) is 6.07 Å². The molecule has 4 nitrogen and oxygen atoms in total. The summed E-state index contributed by atoms with van der Waals surface area (Å²) >= 11 is 3.22.